The van der Waals surface area contributed by atoms with Crippen molar-refractivity contribution in [3.8, 4) is 0 Å². The third-order valence-corrected chi connectivity index (χ3v) is 1.36. The Bertz CT molecular complexity index is 129. The third-order valence-electron chi connectivity index (χ3n) is 1.36. The van der Waals surface area contributed by atoms with Crippen LogP contribution in [0.3, 0.4) is 0 Å². The first-order valence-electron chi connectivity index (χ1n) is 3.78. The van der Waals surface area contributed by atoms with Crippen LogP contribution in [0.4, 0.5) is 0 Å². The Hall–Kier alpha value is -0.660. The van der Waals surface area contributed by atoms with Crippen LogP contribution in [0.5, 0.6) is 0 Å². The largest absolute Gasteiger partial charge is 0.309 e. The molecule has 0 amide bonds. The monoisotopic (exact) mass is 141 g/mol. The molecule has 0 heterocycles. The lowest BCUT2D eigenvalue weighted by Crippen LogP contribution is -2.04. The van der Waals surface area contributed by atoms with E-state index in [0.717, 1.165) is 12.8 Å². The summed E-state index contributed by atoms with van der Waals surface area (Å²) in [5.41, 5.74) is 0.578. The number of hydrogen-bond donors (Lipinski definition) is 1. The molecule has 0 saturated carbocycles. The standard InChI is InChI=1S/C8H15NO/c1-3-5-7(9)6-8(10)4-2/h9H,3-6H2,1-2H3. The van der Waals surface area contributed by atoms with Gasteiger partial charge in [-0.3, -0.25) is 4.79 Å². The first-order chi connectivity index (χ1) is 4.70. The van der Waals surface area contributed by atoms with E-state index >= 15 is 0 Å². The van der Waals surface area contributed by atoms with Gasteiger partial charge < -0.3 is 5.41 Å². The number of carbonyl (C=O) groups is 1. The van der Waals surface area contributed by atoms with Crippen molar-refractivity contribution < 1.29 is 4.79 Å². The van der Waals surface area contributed by atoms with Crippen molar-refractivity contribution >= 4 is 11.5 Å². The van der Waals surface area contributed by atoms with E-state index in [-0.39, 0.29) is 5.78 Å². The molecule has 0 aliphatic rings. The van der Waals surface area contributed by atoms with E-state index in [0.29, 0.717) is 18.6 Å². The molecule has 0 bridgehead atoms. The lowest BCUT2D eigenvalue weighted by atomic mass is 10.1. The van der Waals surface area contributed by atoms with Gasteiger partial charge in [-0.2, -0.15) is 0 Å². The molecule has 10 heavy (non-hydrogen) atoms. The minimum absolute atomic E-state index is 0.179. The van der Waals surface area contributed by atoms with Crippen LogP contribution in [0.1, 0.15) is 39.5 Å². The van der Waals surface area contributed by atoms with Crippen molar-refractivity contribution in [3.05, 3.63) is 0 Å². The maximum absolute atomic E-state index is 10.8. The van der Waals surface area contributed by atoms with Crippen LogP contribution in [0.15, 0.2) is 0 Å². The van der Waals surface area contributed by atoms with Gasteiger partial charge in [-0.05, 0) is 6.42 Å². The van der Waals surface area contributed by atoms with Gasteiger partial charge in [-0.1, -0.05) is 20.3 Å². The topological polar surface area (TPSA) is 40.9 Å². The Kier molecular flexibility index (Phi) is 4.81. The van der Waals surface area contributed by atoms with E-state index in [1.807, 2.05) is 13.8 Å². The molecule has 0 atom stereocenters. The summed E-state index contributed by atoms with van der Waals surface area (Å²) in [6.45, 7) is 3.85. The molecule has 0 aromatic heterocycles. The van der Waals surface area contributed by atoms with E-state index in [1.165, 1.54) is 0 Å². The van der Waals surface area contributed by atoms with Crippen LogP contribution in [0.2, 0.25) is 0 Å². The van der Waals surface area contributed by atoms with Crippen LogP contribution in [-0.4, -0.2) is 11.5 Å². The summed E-state index contributed by atoms with van der Waals surface area (Å²) in [7, 11) is 0. The predicted octanol–water partition coefficient (Wildman–Crippen LogP) is 2.18. The Morgan fingerprint density at radius 3 is 2.40 bits per heavy atom. The van der Waals surface area contributed by atoms with Gasteiger partial charge in [0.1, 0.15) is 5.78 Å². The van der Waals surface area contributed by atoms with Gasteiger partial charge in [-0.15, -0.1) is 0 Å². The second kappa shape index (κ2) is 5.15. The zero-order valence-corrected chi connectivity index (χ0v) is 6.74. The Labute approximate surface area is 62.1 Å². The summed E-state index contributed by atoms with van der Waals surface area (Å²) in [5.74, 6) is 0.179. The molecule has 0 spiro atoms. The summed E-state index contributed by atoms with van der Waals surface area (Å²) in [6.07, 6.45) is 2.66. The minimum atomic E-state index is 0.179. The number of carbonyl (C=O) groups excluding carboxylic acids is 1. The summed E-state index contributed by atoms with van der Waals surface area (Å²) in [4.78, 5) is 10.8. The molecule has 0 unspecified atom stereocenters. The fraction of sp³-hybridized carbons (Fsp3) is 0.750. The molecule has 0 saturated heterocycles. The Morgan fingerprint density at radius 2 is 2.00 bits per heavy atom. The van der Waals surface area contributed by atoms with Crippen molar-refractivity contribution in [2.24, 2.45) is 0 Å². The number of nitrogens with one attached hydrogen (secondary N) is 1. The van der Waals surface area contributed by atoms with Crippen LogP contribution in [-0.2, 0) is 4.79 Å². The second-order valence-electron chi connectivity index (χ2n) is 2.42. The molecule has 0 aliphatic carbocycles. The molecule has 2 nitrogen and oxygen atoms in total. The fourth-order valence-electron chi connectivity index (χ4n) is 0.753. The van der Waals surface area contributed by atoms with E-state index < -0.39 is 0 Å². The highest BCUT2D eigenvalue weighted by atomic mass is 16.1. The van der Waals surface area contributed by atoms with Gasteiger partial charge in [-0.25, -0.2) is 0 Å². The molecule has 58 valence electrons. The van der Waals surface area contributed by atoms with Crippen molar-refractivity contribution in [2.45, 2.75) is 39.5 Å². The molecule has 0 radical (unpaired) electrons. The van der Waals surface area contributed by atoms with Gasteiger partial charge >= 0.3 is 0 Å². The highest BCUT2D eigenvalue weighted by Crippen LogP contribution is 1.97. The highest BCUT2D eigenvalue weighted by molar-refractivity contribution is 6.00. The van der Waals surface area contributed by atoms with Gasteiger partial charge in [0.05, 0.1) is 0 Å². The van der Waals surface area contributed by atoms with Crippen LogP contribution < -0.4 is 0 Å². The van der Waals surface area contributed by atoms with E-state index in [9.17, 15) is 4.79 Å². The summed E-state index contributed by atoms with van der Waals surface area (Å²) < 4.78 is 0. The summed E-state index contributed by atoms with van der Waals surface area (Å²) in [5, 5.41) is 7.30. The molecule has 1 N–H and O–H groups in total. The predicted molar refractivity (Wildman–Crippen MR) is 42.5 cm³/mol. The van der Waals surface area contributed by atoms with Crippen LogP contribution >= 0.6 is 0 Å². The average molecular weight is 141 g/mol. The maximum atomic E-state index is 10.8. The van der Waals surface area contributed by atoms with E-state index in [2.05, 4.69) is 0 Å². The number of hydrogen-bond acceptors (Lipinski definition) is 2. The zero-order valence-electron chi connectivity index (χ0n) is 6.74. The van der Waals surface area contributed by atoms with Crippen molar-refractivity contribution in [2.75, 3.05) is 0 Å². The molecule has 0 aliphatic heterocycles. The number of Topliss-reactive ketones (excluding diaryl/α,β-unsaturated/α-hetero) is 1. The highest BCUT2D eigenvalue weighted by Gasteiger charge is 2.01. The van der Waals surface area contributed by atoms with Gasteiger partial charge in [0.15, 0.2) is 0 Å². The van der Waals surface area contributed by atoms with Crippen molar-refractivity contribution in [3.63, 3.8) is 0 Å². The van der Waals surface area contributed by atoms with Gasteiger partial charge in [0.2, 0.25) is 0 Å². The van der Waals surface area contributed by atoms with Crippen molar-refractivity contribution in [1.29, 1.82) is 5.41 Å². The molecule has 0 rings (SSSR count). The lowest BCUT2D eigenvalue weighted by molar-refractivity contribution is -0.117. The van der Waals surface area contributed by atoms with Crippen LogP contribution in [0.25, 0.3) is 0 Å². The van der Waals surface area contributed by atoms with Gasteiger partial charge in [0, 0.05) is 18.6 Å². The van der Waals surface area contributed by atoms with E-state index in [1.54, 1.807) is 0 Å². The van der Waals surface area contributed by atoms with E-state index in [4.69, 9.17) is 5.41 Å². The minimum Gasteiger partial charge on any atom is -0.309 e. The zero-order chi connectivity index (χ0) is 7.98. The Balaban J connectivity index is 3.47. The second-order valence-corrected chi connectivity index (χ2v) is 2.42. The van der Waals surface area contributed by atoms with Crippen LogP contribution in [0, 0.1) is 5.41 Å². The van der Waals surface area contributed by atoms with Gasteiger partial charge in [0.25, 0.3) is 0 Å². The quantitative estimate of drug-likeness (QED) is 0.586. The molecule has 2 heteroatoms. The molecular formula is C8H15NO. The molecular weight excluding hydrogens is 126 g/mol. The number of rotatable bonds is 5. The molecule has 0 aromatic carbocycles. The third kappa shape index (κ3) is 4.24. The summed E-state index contributed by atoms with van der Waals surface area (Å²) >= 11 is 0. The maximum Gasteiger partial charge on any atom is 0.138 e. The summed E-state index contributed by atoms with van der Waals surface area (Å²) in [6, 6.07) is 0. The van der Waals surface area contributed by atoms with Crippen molar-refractivity contribution in [1.82, 2.24) is 0 Å². The lowest BCUT2D eigenvalue weighted by Gasteiger charge is -1.97. The Morgan fingerprint density at radius 1 is 1.40 bits per heavy atom. The fourth-order valence-corrected chi connectivity index (χ4v) is 0.753. The molecule has 0 fully saturated rings. The smallest absolute Gasteiger partial charge is 0.138 e. The SMILES string of the molecule is CCCC(=N)CC(=O)CC. The first kappa shape index (κ1) is 9.34. The molecule has 0 aromatic rings. The average Bonchev–Trinajstić information content (AvgIpc) is 1.88. The number of ketones is 1. The first-order valence-corrected chi connectivity index (χ1v) is 3.78. The normalized spacial score (nSPS) is 9.40.